The lowest BCUT2D eigenvalue weighted by Crippen LogP contribution is -2.53. The molecule has 2 aromatic carbocycles. The van der Waals surface area contributed by atoms with Gasteiger partial charge in [0.2, 0.25) is 11.8 Å². The highest BCUT2D eigenvalue weighted by atomic mass is 16.3. The van der Waals surface area contributed by atoms with Crippen LogP contribution in [0.1, 0.15) is 67.3 Å². The van der Waals surface area contributed by atoms with Gasteiger partial charge in [-0.3, -0.25) is 9.59 Å². The minimum atomic E-state index is -0.994. The van der Waals surface area contributed by atoms with Gasteiger partial charge < -0.3 is 25.7 Å². The van der Waals surface area contributed by atoms with Crippen LogP contribution in [0.2, 0.25) is 0 Å². The summed E-state index contributed by atoms with van der Waals surface area (Å²) in [7, 11) is 0. The number of benzene rings is 2. The third-order valence-electron chi connectivity index (χ3n) is 8.44. The Labute approximate surface area is 253 Å². The largest absolute Gasteiger partial charge is 0.383 e. The van der Waals surface area contributed by atoms with Crippen molar-refractivity contribution in [2.75, 3.05) is 0 Å². The van der Waals surface area contributed by atoms with Gasteiger partial charge in [-0.1, -0.05) is 92.8 Å². The molecule has 2 aromatic heterocycles. The quantitative estimate of drug-likeness (QED) is 0.150. The smallest absolute Gasteiger partial charge is 0.243 e. The summed E-state index contributed by atoms with van der Waals surface area (Å²) in [6, 6.07) is 18.4. The number of hydrogen-bond donors (Lipinski definition) is 5. The molecule has 1 aliphatic rings. The van der Waals surface area contributed by atoms with Crippen molar-refractivity contribution in [1.29, 1.82) is 0 Å². The van der Waals surface area contributed by atoms with Crippen LogP contribution >= 0.6 is 0 Å². The first kappa shape index (κ1) is 30.2. The molecule has 4 aromatic rings. The lowest BCUT2D eigenvalue weighted by molar-refractivity contribution is -0.132. The summed E-state index contributed by atoms with van der Waals surface area (Å²) < 4.78 is 0. The van der Waals surface area contributed by atoms with Crippen LogP contribution in [-0.4, -0.2) is 48.9 Å². The lowest BCUT2D eigenvalue weighted by atomic mass is 9.83. The predicted molar refractivity (Wildman–Crippen MR) is 165 cm³/mol. The maximum absolute atomic E-state index is 14.0. The minimum Gasteiger partial charge on any atom is -0.383 e. The first-order valence-electron chi connectivity index (χ1n) is 15.4. The summed E-state index contributed by atoms with van der Waals surface area (Å²) in [5.41, 5.74) is 2.78. The Morgan fingerprint density at radius 1 is 0.860 bits per heavy atom. The summed E-state index contributed by atoms with van der Waals surface area (Å²) in [4.78, 5) is 42.4. The Morgan fingerprint density at radius 2 is 1.53 bits per heavy atom. The molecule has 1 aliphatic carbocycles. The van der Waals surface area contributed by atoms with Gasteiger partial charge >= 0.3 is 0 Å². The van der Waals surface area contributed by atoms with Crippen molar-refractivity contribution < 1.29 is 14.7 Å². The van der Waals surface area contributed by atoms with Gasteiger partial charge in [0.15, 0.2) is 0 Å². The Morgan fingerprint density at radius 3 is 2.12 bits per heavy atom. The Bertz CT molecular complexity index is 1330. The number of nitrogens with one attached hydrogen (secondary N) is 4. The fraction of sp³-hybridized carbons (Fsp3) is 0.412. The number of rotatable bonds is 14. The molecular weight excluding hydrogens is 540 g/mol. The van der Waals surface area contributed by atoms with E-state index in [9.17, 15) is 14.7 Å². The third-order valence-corrected chi connectivity index (χ3v) is 8.44. The second-order valence-electron chi connectivity index (χ2n) is 11.7. The fourth-order valence-corrected chi connectivity index (χ4v) is 6.13. The molecular formula is C34H42N6O3. The molecule has 9 heteroatoms. The summed E-state index contributed by atoms with van der Waals surface area (Å²) in [6.45, 7) is 0. The monoisotopic (exact) mass is 582 g/mol. The van der Waals surface area contributed by atoms with E-state index in [0.717, 1.165) is 36.8 Å². The van der Waals surface area contributed by atoms with Crippen molar-refractivity contribution in [3.63, 3.8) is 0 Å². The van der Waals surface area contributed by atoms with E-state index in [1.165, 1.54) is 6.42 Å². The van der Waals surface area contributed by atoms with Gasteiger partial charge in [0.25, 0.3) is 0 Å². The van der Waals surface area contributed by atoms with Crippen molar-refractivity contribution >= 4 is 11.8 Å². The molecule has 1 fully saturated rings. The number of carbonyl (C=O) groups excluding carboxylic acids is 2. The van der Waals surface area contributed by atoms with Gasteiger partial charge in [0.05, 0.1) is 18.1 Å². The molecule has 43 heavy (non-hydrogen) atoms. The second kappa shape index (κ2) is 15.3. The zero-order valence-corrected chi connectivity index (χ0v) is 24.5. The molecule has 0 aliphatic heterocycles. The average molecular weight is 583 g/mol. The van der Waals surface area contributed by atoms with Crippen LogP contribution in [-0.2, 0) is 28.9 Å². The van der Waals surface area contributed by atoms with Crippen molar-refractivity contribution in [2.45, 2.75) is 76.0 Å². The number of aromatic nitrogens is 4. The van der Waals surface area contributed by atoms with Gasteiger partial charge in [0.1, 0.15) is 18.0 Å². The number of nitrogens with zero attached hydrogens (tertiary/aromatic N) is 2. The highest BCUT2D eigenvalue weighted by Crippen LogP contribution is 2.30. The predicted octanol–water partition coefficient (Wildman–Crippen LogP) is 4.45. The molecule has 0 bridgehead atoms. The lowest BCUT2D eigenvalue weighted by Gasteiger charge is -2.31. The molecule has 0 saturated heterocycles. The molecule has 2 amide bonds. The van der Waals surface area contributed by atoms with Gasteiger partial charge in [-0.05, 0) is 36.3 Å². The van der Waals surface area contributed by atoms with Crippen LogP contribution < -0.4 is 10.6 Å². The number of amides is 2. The summed E-state index contributed by atoms with van der Waals surface area (Å²) >= 11 is 0. The normalized spacial score (nSPS) is 16.0. The number of hydrogen-bond acceptors (Lipinski definition) is 5. The second-order valence-corrected chi connectivity index (χ2v) is 11.7. The van der Waals surface area contributed by atoms with Gasteiger partial charge in [-0.2, -0.15) is 0 Å². The van der Waals surface area contributed by atoms with Crippen LogP contribution in [0.4, 0.5) is 0 Å². The molecule has 9 nitrogen and oxygen atoms in total. The van der Waals surface area contributed by atoms with Gasteiger partial charge in [-0.15, -0.1) is 0 Å². The van der Waals surface area contributed by atoms with E-state index in [0.29, 0.717) is 36.7 Å². The molecule has 1 saturated carbocycles. The van der Waals surface area contributed by atoms with Gasteiger partial charge in [-0.25, -0.2) is 9.97 Å². The molecule has 2 unspecified atom stereocenters. The van der Waals surface area contributed by atoms with E-state index in [-0.39, 0.29) is 24.2 Å². The van der Waals surface area contributed by atoms with Gasteiger partial charge in [0, 0.05) is 30.9 Å². The fourth-order valence-electron chi connectivity index (χ4n) is 6.13. The maximum Gasteiger partial charge on any atom is 0.243 e. The van der Waals surface area contributed by atoms with E-state index in [1.54, 1.807) is 24.9 Å². The molecule has 2 heterocycles. The molecule has 5 rings (SSSR count). The molecule has 0 spiro atoms. The van der Waals surface area contributed by atoms with E-state index in [1.807, 2.05) is 60.7 Å². The standard InChI is InChI=1S/C34H42N6O3/c41-31(32-36-16-17-37-32)29(20-26-14-8-3-9-15-26)39-34(43)30(21-28-22-35-23-38-28)40-33(42)27(18-24-10-4-1-5-11-24)19-25-12-6-2-7-13-25/h1-2,4-7,10-13,16-17,22-23,26-27,29-31,41H,3,8-9,14-15,18-21H2,(H,35,38)(H,36,37)(H,39,43)(H,40,42)/t29?,30-,31?/m0/s1. The number of aliphatic hydroxyl groups is 1. The zero-order valence-electron chi connectivity index (χ0n) is 24.5. The van der Waals surface area contributed by atoms with Crippen molar-refractivity contribution in [3.8, 4) is 0 Å². The summed E-state index contributed by atoms with van der Waals surface area (Å²) in [5, 5.41) is 17.4. The summed E-state index contributed by atoms with van der Waals surface area (Å²) in [5.74, 6) is -0.102. The molecule has 226 valence electrons. The SMILES string of the molecule is O=C(N[C@@H](Cc1c[nH]cn1)C(=O)NC(CC1CCCCC1)C(O)c1ncc[nH]1)C(Cc1ccccc1)Cc1ccccc1. The van der Waals surface area contributed by atoms with E-state index >= 15 is 0 Å². The van der Waals surface area contributed by atoms with Crippen LogP contribution in [0.15, 0.2) is 85.6 Å². The van der Waals surface area contributed by atoms with E-state index < -0.39 is 18.2 Å². The summed E-state index contributed by atoms with van der Waals surface area (Å²) in [6.07, 6.45) is 13.2. The number of H-pyrrole nitrogens is 2. The van der Waals surface area contributed by atoms with Crippen molar-refractivity contribution in [1.82, 2.24) is 30.6 Å². The number of aromatic amines is 2. The molecule has 5 N–H and O–H groups in total. The topological polar surface area (TPSA) is 136 Å². The number of imidazole rings is 2. The third kappa shape index (κ3) is 8.88. The Hall–Kier alpha value is -4.24. The van der Waals surface area contributed by atoms with Crippen LogP contribution in [0.3, 0.4) is 0 Å². The highest BCUT2D eigenvalue weighted by Gasteiger charge is 2.33. The highest BCUT2D eigenvalue weighted by molar-refractivity contribution is 5.89. The minimum absolute atomic E-state index is 0.196. The molecule has 0 radical (unpaired) electrons. The average Bonchev–Trinajstić information content (AvgIpc) is 3.77. The zero-order chi connectivity index (χ0) is 29.9. The van der Waals surface area contributed by atoms with E-state index in [4.69, 9.17) is 0 Å². The Kier molecular flexibility index (Phi) is 10.8. The maximum atomic E-state index is 14.0. The first-order valence-corrected chi connectivity index (χ1v) is 15.4. The van der Waals surface area contributed by atoms with Crippen LogP contribution in [0.5, 0.6) is 0 Å². The number of aliphatic hydroxyl groups excluding tert-OH is 1. The van der Waals surface area contributed by atoms with Crippen molar-refractivity contribution in [3.05, 3.63) is 108 Å². The number of carbonyl (C=O) groups is 2. The van der Waals surface area contributed by atoms with Crippen LogP contribution in [0.25, 0.3) is 0 Å². The van der Waals surface area contributed by atoms with E-state index in [2.05, 4.69) is 30.6 Å². The van der Waals surface area contributed by atoms with Crippen molar-refractivity contribution in [2.24, 2.45) is 11.8 Å². The van der Waals surface area contributed by atoms with Crippen LogP contribution in [0, 0.1) is 11.8 Å². The Balaban J connectivity index is 1.35. The first-order chi connectivity index (χ1) is 21.0. The molecule has 3 atom stereocenters.